The maximum Gasteiger partial charge on any atom is 0.409 e. The fourth-order valence-electron chi connectivity index (χ4n) is 4.25. The van der Waals surface area contributed by atoms with Gasteiger partial charge in [-0.1, -0.05) is 97.1 Å². The van der Waals surface area contributed by atoms with Gasteiger partial charge in [-0.15, -0.1) is 0 Å². The third kappa shape index (κ3) is 17.8. The molecule has 17 heteroatoms. The van der Waals surface area contributed by atoms with Gasteiger partial charge in [0, 0.05) is 17.9 Å². The zero-order valence-corrected chi connectivity index (χ0v) is 33.1. The number of halogens is 1. The molecule has 0 fully saturated rings. The zero-order chi connectivity index (χ0) is 40.3. The quantitative estimate of drug-likeness (QED) is 0.0583. The summed E-state index contributed by atoms with van der Waals surface area (Å²) in [6.45, 7) is 1.42. The number of benzene rings is 4. The minimum Gasteiger partial charge on any atom is -0.458 e. The van der Waals surface area contributed by atoms with Crippen LogP contribution in [0, 0.1) is 0 Å². The molecule has 2 N–H and O–H groups in total. The lowest BCUT2D eigenvalue weighted by Crippen LogP contribution is -2.37. The van der Waals surface area contributed by atoms with Crippen molar-refractivity contribution in [2.24, 2.45) is 0 Å². The second-order valence-electron chi connectivity index (χ2n) is 11.8. The molecular formula is C38H43ClN2O12P2. The predicted octanol–water partition coefficient (Wildman–Crippen LogP) is 7.22. The van der Waals surface area contributed by atoms with Crippen molar-refractivity contribution in [3.63, 3.8) is 0 Å². The molecule has 0 radical (unpaired) electrons. The van der Waals surface area contributed by atoms with Crippen molar-refractivity contribution in [1.82, 2.24) is 10.2 Å². The lowest BCUT2D eigenvalue weighted by molar-refractivity contribution is -0.168. The zero-order valence-electron chi connectivity index (χ0n) is 30.6. The largest absolute Gasteiger partial charge is 0.458 e. The molecule has 2 unspecified atom stereocenters. The Balaban J connectivity index is 0.000000296. The van der Waals surface area contributed by atoms with E-state index in [9.17, 15) is 28.3 Å². The van der Waals surface area contributed by atoms with E-state index >= 15 is 0 Å². The Kier molecular flexibility index (Phi) is 18.1. The molecule has 4 rings (SSSR count). The average molecular weight is 817 g/mol. The highest BCUT2D eigenvalue weighted by molar-refractivity contribution is 7.84. The molecule has 0 heterocycles. The van der Waals surface area contributed by atoms with Gasteiger partial charge in [0.15, 0.2) is 12.7 Å². The summed E-state index contributed by atoms with van der Waals surface area (Å²) < 4.78 is 55.4. The summed E-state index contributed by atoms with van der Waals surface area (Å²) >= 11 is 5.85. The van der Waals surface area contributed by atoms with Crippen molar-refractivity contribution >= 4 is 49.5 Å². The van der Waals surface area contributed by atoms with E-state index in [0.29, 0.717) is 5.75 Å². The van der Waals surface area contributed by atoms with Crippen molar-refractivity contribution in [2.45, 2.75) is 52.2 Å². The maximum atomic E-state index is 12.5. The summed E-state index contributed by atoms with van der Waals surface area (Å²) in [4.78, 5) is 47.8. The van der Waals surface area contributed by atoms with E-state index < -0.39 is 63.1 Å². The Morgan fingerprint density at radius 1 is 0.582 bits per heavy atom. The molecule has 0 amide bonds. The number of rotatable bonds is 18. The molecule has 0 saturated heterocycles. The van der Waals surface area contributed by atoms with Gasteiger partial charge in [0.1, 0.15) is 36.8 Å². The van der Waals surface area contributed by atoms with E-state index in [1.165, 1.54) is 27.4 Å². The highest BCUT2D eigenvalue weighted by Gasteiger charge is 2.30. The van der Waals surface area contributed by atoms with Crippen LogP contribution in [0.15, 0.2) is 121 Å². The molecule has 0 bridgehead atoms. The summed E-state index contributed by atoms with van der Waals surface area (Å²) in [5.74, 6) is -2.21. The lowest BCUT2D eigenvalue weighted by atomic mass is 10.2. The molecule has 4 aromatic carbocycles. The number of para-hydroxylation sites is 2. The van der Waals surface area contributed by atoms with Crippen molar-refractivity contribution in [2.75, 3.05) is 13.3 Å². The molecule has 0 aromatic heterocycles. The van der Waals surface area contributed by atoms with Crippen LogP contribution in [0.2, 0.25) is 0 Å². The standard InChI is InChI=1S/C19H21ClNO6P.C19H22NO6P/c1-14(21-28(20,24)27-17-11-7-4-8-12-17)18(22)26-15(2)19(23)25-13-16-9-5-3-6-10-16;1-15(20-27(2,23)26-17-11-7-4-8-12-17)19(22)25-14-18(21)24-13-16-9-5-3-6-10-16/h3-12,14-15H,13H2,1-2H3,(H,21,24);3-12,15H,13-14H2,1-2H3,(H,20,23)/t14-,15-,28?;15-,27?/m00/s1. The fourth-order valence-corrected chi connectivity index (χ4v) is 7.32. The van der Waals surface area contributed by atoms with E-state index in [2.05, 4.69) is 10.2 Å². The number of hydrogen-bond donors (Lipinski definition) is 2. The maximum absolute atomic E-state index is 12.5. The van der Waals surface area contributed by atoms with Crippen molar-refractivity contribution in [1.29, 1.82) is 0 Å². The second kappa shape index (κ2) is 22.4. The summed E-state index contributed by atoms with van der Waals surface area (Å²) in [6.07, 6.45) is -1.13. The van der Waals surface area contributed by atoms with Crippen molar-refractivity contribution < 1.29 is 56.3 Å². The Labute approximate surface area is 324 Å². The van der Waals surface area contributed by atoms with Crippen LogP contribution in [0.5, 0.6) is 11.5 Å². The van der Waals surface area contributed by atoms with E-state index in [1.807, 2.05) is 48.5 Å². The number of carbonyl (C=O) groups excluding carboxylic acids is 4. The summed E-state index contributed by atoms with van der Waals surface area (Å²) in [5.41, 5.74) is 1.64. The third-order valence-electron chi connectivity index (χ3n) is 6.90. The molecular weight excluding hydrogens is 774 g/mol. The Bertz CT molecular complexity index is 1910. The van der Waals surface area contributed by atoms with Gasteiger partial charge in [0.05, 0.1) is 0 Å². The molecule has 14 nitrogen and oxygen atoms in total. The van der Waals surface area contributed by atoms with Crippen LogP contribution < -0.4 is 19.2 Å². The Morgan fingerprint density at radius 2 is 1.02 bits per heavy atom. The minimum atomic E-state index is -3.84. The highest BCUT2D eigenvalue weighted by atomic mass is 35.7. The molecule has 5 atom stereocenters. The SMILES string of the molecule is C[C@H](NP(=O)(Cl)Oc1ccccc1)C(=O)O[C@@H](C)C(=O)OCc1ccccc1.C[C@H](NP(C)(=O)Oc1ccccc1)C(=O)OCC(=O)OCc1ccccc1. The molecule has 0 aliphatic rings. The van der Waals surface area contributed by atoms with Crippen LogP contribution in [0.3, 0.4) is 0 Å². The van der Waals surface area contributed by atoms with E-state index in [4.69, 9.17) is 39.2 Å². The van der Waals surface area contributed by atoms with Gasteiger partial charge >= 0.3 is 38.3 Å². The van der Waals surface area contributed by atoms with Gasteiger partial charge in [-0.3, -0.25) is 14.2 Å². The first-order valence-electron chi connectivity index (χ1n) is 16.8. The van der Waals surface area contributed by atoms with Crippen LogP contribution >= 0.6 is 25.6 Å². The number of esters is 4. The molecule has 0 spiro atoms. The normalized spacial score (nSPS) is 14.4. The average Bonchev–Trinajstić information content (AvgIpc) is 3.16. The highest BCUT2D eigenvalue weighted by Crippen LogP contribution is 2.48. The summed E-state index contributed by atoms with van der Waals surface area (Å²) in [7, 11) is -3.29. The van der Waals surface area contributed by atoms with Gasteiger partial charge < -0.3 is 28.0 Å². The number of hydrogen-bond acceptors (Lipinski definition) is 12. The van der Waals surface area contributed by atoms with Gasteiger partial charge in [-0.25, -0.2) is 24.3 Å². The first-order chi connectivity index (χ1) is 26.1. The number of carbonyl (C=O) groups is 4. The first kappa shape index (κ1) is 44.4. The third-order valence-corrected chi connectivity index (χ3v) is 9.95. The van der Waals surface area contributed by atoms with Crippen LogP contribution in [0.4, 0.5) is 0 Å². The van der Waals surface area contributed by atoms with E-state index in [-0.39, 0.29) is 19.0 Å². The summed E-state index contributed by atoms with van der Waals surface area (Å²) in [5, 5.41) is 4.97. The second-order valence-corrected chi connectivity index (χ2v) is 16.6. The monoisotopic (exact) mass is 816 g/mol. The van der Waals surface area contributed by atoms with Gasteiger partial charge in [0.2, 0.25) is 0 Å². The fraction of sp³-hybridized carbons (Fsp3) is 0.263. The van der Waals surface area contributed by atoms with Gasteiger partial charge in [-0.05, 0) is 56.2 Å². The van der Waals surface area contributed by atoms with E-state index in [0.717, 1.165) is 11.1 Å². The topological polar surface area (TPSA) is 182 Å². The molecule has 294 valence electrons. The molecule has 0 aliphatic carbocycles. The molecule has 55 heavy (non-hydrogen) atoms. The lowest BCUT2D eigenvalue weighted by Gasteiger charge is -2.20. The Morgan fingerprint density at radius 3 is 1.53 bits per heavy atom. The smallest absolute Gasteiger partial charge is 0.409 e. The van der Waals surface area contributed by atoms with E-state index in [1.54, 1.807) is 72.8 Å². The van der Waals surface area contributed by atoms with Gasteiger partial charge in [0.25, 0.3) is 0 Å². The predicted molar refractivity (Wildman–Crippen MR) is 205 cm³/mol. The van der Waals surface area contributed by atoms with Crippen LogP contribution in [-0.4, -0.2) is 55.3 Å². The molecule has 4 aromatic rings. The Hall–Kier alpha value is -4.97. The van der Waals surface area contributed by atoms with Crippen LogP contribution in [0.1, 0.15) is 31.9 Å². The van der Waals surface area contributed by atoms with Crippen molar-refractivity contribution in [3.8, 4) is 11.5 Å². The van der Waals surface area contributed by atoms with Crippen LogP contribution in [-0.2, 0) is 60.5 Å². The number of nitrogens with one attached hydrogen (secondary N) is 2. The van der Waals surface area contributed by atoms with Crippen molar-refractivity contribution in [3.05, 3.63) is 132 Å². The van der Waals surface area contributed by atoms with Crippen LogP contribution in [0.25, 0.3) is 0 Å². The molecule has 0 saturated carbocycles. The molecule has 0 aliphatic heterocycles. The number of ether oxygens (including phenoxy) is 4. The minimum absolute atomic E-state index is 0.0666. The first-order valence-corrected chi connectivity index (χ1v) is 21.4. The van der Waals surface area contributed by atoms with Gasteiger partial charge in [-0.2, -0.15) is 0 Å². The summed E-state index contributed by atoms with van der Waals surface area (Å²) in [6, 6.07) is 33.1.